The van der Waals surface area contributed by atoms with Crippen molar-refractivity contribution in [3.05, 3.63) is 52.7 Å². The average molecular weight is 372 g/mol. The summed E-state index contributed by atoms with van der Waals surface area (Å²) >= 11 is 1.32. The molecule has 0 saturated heterocycles. The molecule has 6 nitrogen and oxygen atoms in total. The summed E-state index contributed by atoms with van der Waals surface area (Å²) in [5, 5.41) is 3.56. The van der Waals surface area contributed by atoms with Crippen LogP contribution in [-0.2, 0) is 0 Å². The zero-order valence-corrected chi connectivity index (χ0v) is 15.7. The van der Waals surface area contributed by atoms with Crippen LogP contribution >= 0.6 is 11.3 Å². The van der Waals surface area contributed by atoms with Crippen molar-refractivity contribution in [1.82, 2.24) is 10.3 Å². The standard InChI is InChI=1S/C19H20N2O4S/c1-12-7-8-16(25-12)19-21-13(2)17(26-19)18(22)20-9-10-24-15-6-4-5-14(11-15)23-3/h4-8,11H,9-10H2,1-3H3,(H,20,22). The zero-order chi connectivity index (χ0) is 18.5. The van der Waals surface area contributed by atoms with Crippen molar-refractivity contribution in [3.63, 3.8) is 0 Å². The maximum absolute atomic E-state index is 12.4. The van der Waals surface area contributed by atoms with Gasteiger partial charge in [0, 0.05) is 6.07 Å². The first-order valence-electron chi connectivity index (χ1n) is 8.16. The molecule has 0 unspecified atom stereocenters. The lowest BCUT2D eigenvalue weighted by molar-refractivity contribution is 0.0950. The number of thiazole rings is 1. The predicted molar refractivity (Wildman–Crippen MR) is 100 cm³/mol. The Morgan fingerprint density at radius 1 is 1.23 bits per heavy atom. The van der Waals surface area contributed by atoms with E-state index in [2.05, 4.69) is 10.3 Å². The highest BCUT2D eigenvalue weighted by Gasteiger charge is 2.17. The number of amides is 1. The number of aryl methyl sites for hydroxylation is 2. The van der Waals surface area contributed by atoms with Crippen LogP contribution in [0.15, 0.2) is 40.8 Å². The van der Waals surface area contributed by atoms with Crippen molar-refractivity contribution in [3.8, 4) is 22.3 Å². The smallest absolute Gasteiger partial charge is 0.263 e. The fourth-order valence-electron chi connectivity index (χ4n) is 2.37. The summed E-state index contributed by atoms with van der Waals surface area (Å²) in [4.78, 5) is 17.4. The molecular weight excluding hydrogens is 352 g/mol. The monoisotopic (exact) mass is 372 g/mol. The van der Waals surface area contributed by atoms with E-state index < -0.39 is 0 Å². The van der Waals surface area contributed by atoms with Crippen LogP contribution in [0.5, 0.6) is 11.5 Å². The first-order chi connectivity index (χ1) is 12.6. The molecule has 0 atom stereocenters. The molecule has 0 aliphatic carbocycles. The van der Waals surface area contributed by atoms with E-state index in [1.54, 1.807) is 13.2 Å². The van der Waals surface area contributed by atoms with Crippen LogP contribution in [0.4, 0.5) is 0 Å². The fourth-order valence-corrected chi connectivity index (χ4v) is 3.31. The van der Waals surface area contributed by atoms with Crippen LogP contribution in [-0.4, -0.2) is 31.2 Å². The van der Waals surface area contributed by atoms with Crippen molar-refractivity contribution in [2.45, 2.75) is 13.8 Å². The van der Waals surface area contributed by atoms with Crippen LogP contribution < -0.4 is 14.8 Å². The van der Waals surface area contributed by atoms with Crippen molar-refractivity contribution in [2.75, 3.05) is 20.3 Å². The SMILES string of the molecule is COc1cccc(OCCNC(=O)c2sc(-c3ccc(C)o3)nc2C)c1. The summed E-state index contributed by atoms with van der Waals surface area (Å²) < 4.78 is 16.3. The highest BCUT2D eigenvalue weighted by molar-refractivity contribution is 7.17. The summed E-state index contributed by atoms with van der Waals surface area (Å²) in [6, 6.07) is 11.1. The minimum atomic E-state index is -0.163. The van der Waals surface area contributed by atoms with Gasteiger partial charge in [0.05, 0.1) is 19.3 Å². The number of methoxy groups -OCH3 is 1. The van der Waals surface area contributed by atoms with Gasteiger partial charge in [0.2, 0.25) is 0 Å². The van der Waals surface area contributed by atoms with Crippen molar-refractivity contribution in [1.29, 1.82) is 0 Å². The first kappa shape index (κ1) is 18.0. The van der Waals surface area contributed by atoms with E-state index in [4.69, 9.17) is 13.9 Å². The number of carbonyl (C=O) groups is 1. The Hall–Kier alpha value is -2.80. The minimum Gasteiger partial charge on any atom is -0.497 e. The van der Waals surface area contributed by atoms with Gasteiger partial charge in [0.15, 0.2) is 10.8 Å². The number of hydrogen-bond acceptors (Lipinski definition) is 6. The zero-order valence-electron chi connectivity index (χ0n) is 14.9. The van der Waals surface area contributed by atoms with Gasteiger partial charge in [0.1, 0.15) is 28.7 Å². The Kier molecular flexibility index (Phi) is 5.58. The van der Waals surface area contributed by atoms with Gasteiger partial charge in [0.25, 0.3) is 5.91 Å². The summed E-state index contributed by atoms with van der Waals surface area (Å²) in [7, 11) is 1.61. The van der Waals surface area contributed by atoms with E-state index in [9.17, 15) is 4.79 Å². The van der Waals surface area contributed by atoms with E-state index in [0.717, 1.165) is 11.5 Å². The predicted octanol–water partition coefficient (Wildman–Crippen LogP) is 3.84. The van der Waals surface area contributed by atoms with Crippen LogP contribution in [0.3, 0.4) is 0 Å². The molecule has 26 heavy (non-hydrogen) atoms. The van der Waals surface area contributed by atoms with Gasteiger partial charge in [-0.2, -0.15) is 0 Å². The highest BCUT2D eigenvalue weighted by atomic mass is 32.1. The largest absolute Gasteiger partial charge is 0.497 e. The quantitative estimate of drug-likeness (QED) is 0.638. The molecule has 3 aromatic rings. The Labute approximate surface area is 155 Å². The number of nitrogens with one attached hydrogen (secondary N) is 1. The summed E-state index contributed by atoms with van der Waals surface area (Å²) in [6.07, 6.45) is 0. The van der Waals surface area contributed by atoms with Gasteiger partial charge < -0.3 is 19.2 Å². The molecule has 0 radical (unpaired) electrons. The van der Waals surface area contributed by atoms with Gasteiger partial charge >= 0.3 is 0 Å². The van der Waals surface area contributed by atoms with Crippen LogP contribution in [0, 0.1) is 13.8 Å². The van der Waals surface area contributed by atoms with Gasteiger partial charge in [-0.1, -0.05) is 6.07 Å². The average Bonchev–Trinajstić information content (AvgIpc) is 3.24. The third-order valence-corrected chi connectivity index (χ3v) is 4.82. The Morgan fingerprint density at radius 2 is 2.04 bits per heavy atom. The van der Waals surface area contributed by atoms with Gasteiger partial charge in [-0.15, -0.1) is 11.3 Å². The van der Waals surface area contributed by atoms with Crippen molar-refractivity contribution < 1.29 is 18.7 Å². The fraction of sp³-hybridized carbons (Fsp3) is 0.263. The number of rotatable bonds is 7. The molecule has 136 valence electrons. The second-order valence-corrected chi connectivity index (χ2v) is 6.63. The molecule has 7 heteroatoms. The Morgan fingerprint density at radius 3 is 2.77 bits per heavy atom. The summed E-state index contributed by atoms with van der Waals surface area (Å²) in [5.41, 5.74) is 0.685. The van der Waals surface area contributed by atoms with E-state index in [0.29, 0.717) is 40.2 Å². The Bertz CT molecular complexity index is 901. The maximum Gasteiger partial charge on any atom is 0.263 e. The first-order valence-corrected chi connectivity index (χ1v) is 8.98. The number of nitrogens with zero attached hydrogens (tertiary/aromatic N) is 1. The van der Waals surface area contributed by atoms with E-state index in [-0.39, 0.29) is 5.91 Å². The molecule has 1 amide bonds. The molecule has 0 aliphatic rings. The third kappa shape index (κ3) is 4.23. The molecule has 0 saturated carbocycles. The lowest BCUT2D eigenvalue weighted by Crippen LogP contribution is -2.27. The van der Waals surface area contributed by atoms with Gasteiger partial charge in [-0.25, -0.2) is 4.98 Å². The second kappa shape index (κ2) is 8.05. The van der Waals surface area contributed by atoms with E-state index in [1.807, 2.05) is 44.2 Å². The maximum atomic E-state index is 12.4. The molecule has 3 rings (SSSR count). The molecule has 0 bridgehead atoms. The topological polar surface area (TPSA) is 73.6 Å². The molecular formula is C19H20N2O4S. The lowest BCUT2D eigenvalue weighted by Gasteiger charge is -2.08. The molecule has 0 fully saturated rings. The lowest BCUT2D eigenvalue weighted by atomic mass is 10.3. The molecule has 2 aromatic heterocycles. The van der Waals surface area contributed by atoms with E-state index >= 15 is 0 Å². The number of benzene rings is 1. The molecule has 0 aliphatic heterocycles. The minimum absolute atomic E-state index is 0.163. The third-order valence-electron chi connectivity index (χ3n) is 3.65. The molecule has 2 heterocycles. The van der Waals surface area contributed by atoms with Crippen LogP contribution in [0.25, 0.3) is 10.8 Å². The molecule has 1 N–H and O–H groups in total. The summed E-state index contributed by atoms with van der Waals surface area (Å²) in [5.74, 6) is 2.75. The van der Waals surface area contributed by atoms with Crippen LogP contribution in [0.2, 0.25) is 0 Å². The van der Waals surface area contributed by atoms with Gasteiger partial charge in [-0.05, 0) is 38.1 Å². The normalized spacial score (nSPS) is 10.6. The van der Waals surface area contributed by atoms with Crippen molar-refractivity contribution in [2.24, 2.45) is 0 Å². The molecule has 0 spiro atoms. The number of hydrogen-bond donors (Lipinski definition) is 1. The van der Waals surface area contributed by atoms with Crippen LogP contribution in [0.1, 0.15) is 21.1 Å². The highest BCUT2D eigenvalue weighted by Crippen LogP contribution is 2.29. The second-order valence-electron chi connectivity index (χ2n) is 5.63. The number of aromatic nitrogens is 1. The number of ether oxygens (including phenoxy) is 2. The molecule has 1 aromatic carbocycles. The van der Waals surface area contributed by atoms with E-state index in [1.165, 1.54) is 11.3 Å². The Balaban J connectivity index is 1.54. The number of carbonyl (C=O) groups excluding carboxylic acids is 1. The van der Waals surface area contributed by atoms with Gasteiger partial charge in [-0.3, -0.25) is 4.79 Å². The summed E-state index contributed by atoms with van der Waals surface area (Å²) in [6.45, 7) is 4.45. The number of furan rings is 1. The van der Waals surface area contributed by atoms with Crippen molar-refractivity contribution >= 4 is 17.2 Å².